The highest BCUT2D eigenvalue weighted by molar-refractivity contribution is 6.04. The number of fused-ring (bicyclic) bond motifs is 2. The summed E-state index contributed by atoms with van der Waals surface area (Å²) in [7, 11) is 0. The molecule has 30 heavy (non-hydrogen) atoms. The Morgan fingerprint density at radius 3 is 2.57 bits per heavy atom. The first kappa shape index (κ1) is 20.0. The van der Waals surface area contributed by atoms with Gasteiger partial charge in [0.2, 0.25) is 0 Å². The lowest BCUT2D eigenvalue weighted by Crippen LogP contribution is -2.28. The standard InChI is InChI=1S/C24H24N2O4/c1-15(2)13-26-23(28)20-9-4-3-8-19(20)22(25-26)24(29)30-14-21(27)18-11-10-16-6-5-7-17(16)12-18/h3-4,8-12,15H,5-7,13-14H2,1-2H3. The smallest absolute Gasteiger partial charge is 0.359 e. The second kappa shape index (κ2) is 8.22. The number of rotatable bonds is 6. The highest BCUT2D eigenvalue weighted by atomic mass is 16.5. The van der Waals surface area contributed by atoms with Crippen molar-refractivity contribution in [3.63, 3.8) is 0 Å². The number of hydrogen-bond donors (Lipinski definition) is 0. The maximum absolute atomic E-state index is 12.8. The van der Waals surface area contributed by atoms with E-state index in [1.54, 1.807) is 30.3 Å². The summed E-state index contributed by atoms with van der Waals surface area (Å²) in [5.74, 6) is -0.780. The van der Waals surface area contributed by atoms with Crippen molar-refractivity contribution in [2.45, 2.75) is 39.7 Å². The summed E-state index contributed by atoms with van der Waals surface area (Å²) in [4.78, 5) is 38.0. The zero-order valence-corrected chi connectivity index (χ0v) is 17.2. The molecule has 0 bridgehead atoms. The van der Waals surface area contributed by atoms with E-state index in [-0.39, 0.29) is 29.6 Å². The van der Waals surface area contributed by atoms with Crippen LogP contribution < -0.4 is 5.56 Å². The van der Waals surface area contributed by atoms with E-state index in [0.29, 0.717) is 22.9 Å². The quantitative estimate of drug-likeness (QED) is 0.464. The van der Waals surface area contributed by atoms with E-state index in [4.69, 9.17) is 4.74 Å². The first-order chi connectivity index (χ1) is 14.4. The molecule has 0 spiro atoms. The second-order valence-corrected chi connectivity index (χ2v) is 8.11. The Morgan fingerprint density at radius 2 is 1.80 bits per heavy atom. The van der Waals surface area contributed by atoms with Crippen LogP contribution in [0.25, 0.3) is 10.8 Å². The molecule has 1 aromatic heterocycles. The average molecular weight is 404 g/mol. The molecule has 6 nitrogen and oxygen atoms in total. The van der Waals surface area contributed by atoms with Crippen molar-refractivity contribution in [3.05, 3.63) is 75.2 Å². The van der Waals surface area contributed by atoms with E-state index in [2.05, 4.69) is 5.10 Å². The van der Waals surface area contributed by atoms with E-state index in [9.17, 15) is 14.4 Å². The third-order valence-corrected chi connectivity index (χ3v) is 5.35. The summed E-state index contributed by atoms with van der Waals surface area (Å²) in [6.07, 6.45) is 3.12. The zero-order chi connectivity index (χ0) is 21.3. The summed E-state index contributed by atoms with van der Waals surface area (Å²) in [6, 6.07) is 12.5. The minimum absolute atomic E-state index is 0.0487. The van der Waals surface area contributed by atoms with Crippen molar-refractivity contribution in [1.29, 1.82) is 0 Å². The van der Waals surface area contributed by atoms with Gasteiger partial charge in [0.25, 0.3) is 5.56 Å². The van der Waals surface area contributed by atoms with Gasteiger partial charge in [0, 0.05) is 17.5 Å². The topological polar surface area (TPSA) is 78.3 Å². The highest BCUT2D eigenvalue weighted by Gasteiger charge is 2.20. The third kappa shape index (κ3) is 3.90. The number of aryl methyl sites for hydroxylation is 2. The first-order valence-electron chi connectivity index (χ1n) is 10.3. The SMILES string of the molecule is CC(C)Cn1nc(C(=O)OCC(=O)c2ccc3c(c2)CCC3)c2ccccc2c1=O. The summed E-state index contributed by atoms with van der Waals surface area (Å²) < 4.78 is 6.60. The fourth-order valence-corrected chi connectivity index (χ4v) is 3.88. The first-order valence-corrected chi connectivity index (χ1v) is 10.3. The maximum atomic E-state index is 12.8. The van der Waals surface area contributed by atoms with E-state index in [1.807, 2.05) is 26.0 Å². The number of ketones is 1. The number of Topliss-reactive ketones (excluding diaryl/α,β-unsaturated/α-hetero) is 1. The molecule has 154 valence electrons. The number of carbonyl (C=O) groups is 2. The molecule has 0 fully saturated rings. The summed E-state index contributed by atoms with van der Waals surface area (Å²) in [5, 5.41) is 5.09. The second-order valence-electron chi connectivity index (χ2n) is 8.11. The molecular formula is C24H24N2O4. The van der Waals surface area contributed by atoms with Crippen LogP contribution in [-0.2, 0) is 24.1 Å². The van der Waals surface area contributed by atoms with Crippen LogP contribution in [0.3, 0.4) is 0 Å². The van der Waals surface area contributed by atoms with Gasteiger partial charge in [0.1, 0.15) is 0 Å². The van der Waals surface area contributed by atoms with Crippen LogP contribution in [0.4, 0.5) is 0 Å². The molecule has 1 aliphatic rings. The van der Waals surface area contributed by atoms with Gasteiger partial charge in [-0.1, -0.05) is 44.2 Å². The van der Waals surface area contributed by atoms with Gasteiger partial charge in [-0.25, -0.2) is 9.48 Å². The van der Waals surface area contributed by atoms with Crippen LogP contribution in [-0.4, -0.2) is 28.1 Å². The Bertz CT molecular complexity index is 1190. The largest absolute Gasteiger partial charge is 0.452 e. The normalized spacial score (nSPS) is 12.9. The van der Waals surface area contributed by atoms with Gasteiger partial charge in [-0.2, -0.15) is 5.10 Å². The number of hydrogen-bond acceptors (Lipinski definition) is 5. The lowest BCUT2D eigenvalue weighted by atomic mass is 10.0. The average Bonchev–Trinajstić information content (AvgIpc) is 3.21. The minimum atomic E-state index is -0.710. The molecule has 1 heterocycles. The van der Waals surface area contributed by atoms with Gasteiger partial charge >= 0.3 is 5.97 Å². The molecular weight excluding hydrogens is 380 g/mol. The van der Waals surface area contributed by atoms with Gasteiger partial charge in [-0.15, -0.1) is 0 Å². The van der Waals surface area contributed by atoms with Crippen LogP contribution in [0.2, 0.25) is 0 Å². The molecule has 0 unspecified atom stereocenters. The van der Waals surface area contributed by atoms with Crippen LogP contribution >= 0.6 is 0 Å². The molecule has 1 aliphatic carbocycles. The van der Waals surface area contributed by atoms with Crippen molar-refractivity contribution in [1.82, 2.24) is 9.78 Å². The molecule has 2 aromatic carbocycles. The Labute approximate surface area is 174 Å². The predicted molar refractivity (Wildman–Crippen MR) is 114 cm³/mol. The van der Waals surface area contributed by atoms with Gasteiger partial charge in [-0.3, -0.25) is 9.59 Å². The van der Waals surface area contributed by atoms with E-state index < -0.39 is 5.97 Å². The van der Waals surface area contributed by atoms with E-state index >= 15 is 0 Å². The van der Waals surface area contributed by atoms with E-state index in [0.717, 1.165) is 19.3 Å². The molecule has 0 aliphatic heterocycles. The molecule has 0 saturated carbocycles. The number of benzene rings is 2. The third-order valence-electron chi connectivity index (χ3n) is 5.35. The fourth-order valence-electron chi connectivity index (χ4n) is 3.88. The van der Waals surface area contributed by atoms with Gasteiger partial charge in [-0.05, 0) is 48.4 Å². The van der Waals surface area contributed by atoms with Crippen molar-refractivity contribution >= 4 is 22.5 Å². The lowest BCUT2D eigenvalue weighted by Gasteiger charge is -2.12. The summed E-state index contributed by atoms with van der Waals surface area (Å²) in [6.45, 7) is 3.96. The van der Waals surface area contributed by atoms with Crippen molar-refractivity contribution in [2.75, 3.05) is 6.61 Å². The molecule has 4 rings (SSSR count). The Kier molecular flexibility index (Phi) is 5.48. The predicted octanol–water partition coefficient (Wildman–Crippen LogP) is 3.58. The summed E-state index contributed by atoms with van der Waals surface area (Å²) in [5.41, 5.74) is 2.83. The molecule has 0 N–H and O–H groups in total. The highest BCUT2D eigenvalue weighted by Crippen LogP contribution is 2.23. The summed E-state index contributed by atoms with van der Waals surface area (Å²) >= 11 is 0. The maximum Gasteiger partial charge on any atom is 0.359 e. The van der Waals surface area contributed by atoms with Gasteiger partial charge < -0.3 is 4.74 Å². The minimum Gasteiger partial charge on any atom is -0.452 e. The number of ether oxygens (including phenoxy) is 1. The molecule has 0 radical (unpaired) electrons. The van der Waals surface area contributed by atoms with Crippen LogP contribution in [0.1, 0.15) is 52.2 Å². The number of carbonyl (C=O) groups excluding carboxylic acids is 2. The van der Waals surface area contributed by atoms with Crippen molar-refractivity contribution in [3.8, 4) is 0 Å². The molecule has 6 heteroatoms. The van der Waals surface area contributed by atoms with Crippen molar-refractivity contribution < 1.29 is 14.3 Å². The molecule has 0 saturated heterocycles. The van der Waals surface area contributed by atoms with Crippen LogP contribution in [0.15, 0.2) is 47.3 Å². The molecule has 0 amide bonds. The van der Waals surface area contributed by atoms with Crippen LogP contribution in [0.5, 0.6) is 0 Å². The number of aromatic nitrogens is 2. The number of esters is 1. The fraction of sp³-hybridized carbons (Fsp3) is 0.333. The zero-order valence-electron chi connectivity index (χ0n) is 17.2. The lowest BCUT2D eigenvalue weighted by molar-refractivity contribution is 0.0468. The number of nitrogens with zero attached hydrogens (tertiary/aromatic N) is 2. The van der Waals surface area contributed by atoms with Gasteiger partial charge in [0.15, 0.2) is 18.1 Å². The van der Waals surface area contributed by atoms with Crippen molar-refractivity contribution in [2.24, 2.45) is 5.92 Å². The Morgan fingerprint density at radius 1 is 1.07 bits per heavy atom. The Hall–Kier alpha value is -3.28. The monoisotopic (exact) mass is 404 g/mol. The molecule has 0 atom stereocenters. The van der Waals surface area contributed by atoms with Gasteiger partial charge in [0.05, 0.1) is 5.39 Å². The van der Waals surface area contributed by atoms with E-state index in [1.165, 1.54) is 15.8 Å². The van der Waals surface area contributed by atoms with Crippen LogP contribution in [0, 0.1) is 5.92 Å². The molecule has 3 aromatic rings. The Balaban J connectivity index is 1.58.